The molecule has 6 atom stereocenters. The highest BCUT2D eigenvalue weighted by molar-refractivity contribution is 6.31. The van der Waals surface area contributed by atoms with Gasteiger partial charge in [-0.3, -0.25) is 9.59 Å². The lowest BCUT2D eigenvalue weighted by Crippen LogP contribution is -2.52. The smallest absolute Gasteiger partial charge is 0.198 e. The van der Waals surface area contributed by atoms with Crippen molar-refractivity contribution in [3.63, 3.8) is 0 Å². The van der Waals surface area contributed by atoms with Gasteiger partial charge in [0.1, 0.15) is 11.5 Å². The van der Waals surface area contributed by atoms with Crippen LogP contribution in [0.25, 0.3) is 0 Å². The van der Waals surface area contributed by atoms with Crippen molar-refractivity contribution in [2.45, 2.75) is 75.5 Å². The van der Waals surface area contributed by atoms with Gasteiger partial charge in [0.15, 0.2) is 17.9 Å². The Hall–Kier alpha value is -2.90. The molecule has 5 rings (SSSR count). The molecule has 0 radical (unpaired) electrons. The molecule has 0 spiro atoms. The van der Waals surface area contributed by atoms with Gasteiger partial charge in [0.25, 0.3) is 0 Å². The summed E-state index contributed by atoms with van der Waals surface area (Å²) in [5.41, 5.74) is 4.19. The molecule has 1 aliphatic heterocycles. The van der Waals surface area contributed by atoms with Gasteiger partial charge in [-0.25, -0.2) is 0 Å². The van der Waals surface area contributed by atoms with E-state index in [2.05, 4.69) is 0 Å². The second-order valence-corrected chi connectivity index (χ2v) is 10.6. The second-order valence-electron chi connectivity index (χ2n) is 10.6. The molecule has 7 N–H and O–H groups in total. The maximum absolute atomic E-state index is 13.7. The van der Waals surface area contributed by atoms with Crippen molar-refractivity contribution in [1.82, 2.24) is 0 Å². The average Bonchev–Trinajstić information content (AvgIpc) is 2.90. The number of benzene rings is 2. The summed E-state index contributed by atoms with van der Waals surface area (Å²) in [6.07, 6.45) is -3.43. The first-order valence-corrected chi connectivity index (χ1v) is 12.9. The number of ether oxygens (including phenoxy) is 3. The highest BCUT2D eigenvalue weighted by Crippen LogP contribution is 2.52. The fourth-order valence-corrected chi connectivity index (χ4v) is 6.01. The summed E-state index contributed by atoms with van der Waals surface area (Å²) in [4.78, 5) is 27.2. The van der Waals surface area contributed by atoms with Gasteiger partial charge >= 0.3 is 0 Å². The predicted molar refractivity (Wildman–Crippen MR) is 136 cm³/mol. The van der Waals surface area contributed by atoms with Gasteiger partial charge in [0, 0.05) is 61.3 Å². The number of nitrogens with two attached hydrogens (primary N) is 1. The molecule has 0 aromatic heterocycles. The molecular formula is C28H33NO10. The first-order chi connectivity index (χ1) is 18.5. The van der Waals surface area contributed by atoms with Crippen molar-refractivity contribution in [2.75, 3.05) is 13.7 Å². The van der Waals surface area contributed by atoms with E-state index in [9.17, 15) is 35.1 Å². The van der Waals surface area contributed by atoms with Gasteiger partial charge in [-0.05, 0) is 18.9 Å². The van der Waals surface area contributed by atoms with Gasteiger partial charge in [0.05, 0.1) is 41.6 Å². The molecule has 2 aromatic carbocycles. The monoisotopic (exact) mass is 543 g/mol. The maximum atomic E-state index is 13.7. The number of hydrogen-bond donors (Lipinski definition) is 6. The number of methoxy groups -OCH3 is 1. The van der Waals surface area contributed by atoms with Gasteiger partial charge in [-0.1, -0.05) is 18.2 Å². The number of aliphatic hydroxyl groups excluding tert-OH is 2. The van der Waals surface area contributed by atoms with E-state index in [1.54, 1.807) is 6.92 Å². The summed E-state index contributed by atoms with van der Waals surface area (Å²) < 4.78 is 17.1. The lowest BCUT2D eigenvalue weighted by molar-refractivity contribution is -0.248. The molecule has 1 fully saturated rings. The molecule has 0 saturated carbocycles. The molecule has 11 nitrogen and oxygen atoms in total. The van der Waals surface area contributed by atoms with Crippen molar-refractivity contribution in [3.05, 3.63) is 57.1 Å². The van der Waals surface area contributed by atoms with Crippen molar-refractivity contribution in [3.8, 4) is 11.5 Å². The Labute approximate surface area is 224 Å². The number of aliphatic hydroxyl groups is 3. The third kappa shape index (κ3) is 4.53. The largest absolute Gasteiger partial charge is 0.507 e. The van der Waals surface area contributed by atoms with Crippen LogP contribution in [0.5, 0.6) is 11.5 Å². The van der Waals surface area contributed by atoms with E-state index in [-0.39, 0.29) is 71.2 Å². The number of aromatic hydroxyl groups is 2. The second kappa shape index (κ2) is 10.3. The van der Waals surface area contributed by atoms with Gasteiger partial charge < -0.3 is 45.5 Å². The minimum Gasteiger partial charge on any atom is -0.507 e. The molecule has 2 aliphatic carbocycles. The van der Waals surface area contributed by atoms with Crippen LogP contribution in [0.2, 0.25) is 0 Å². The van der Waals surface area contributed by atoms with Crippen LogP contribution in [-0.2, 0) is 27.2 Å². The Morgan fingerprint density at radius 3 is 2.51 bits per heavy atom. The van der Waals surface area contributed by atoms with E-state index in [1.807, 2.05) is 0 Å². The van der Waals surface area contributed by atoms with Crippen LogP contribution in [-0.4, -0.2) is 81.0 Å². The Morgan fingerprint density at radius 1 is 1.13 bits per heavy atom. The molecule has 0 bridgehead atoms. The topological polar surface area (TPSA) is 189 Å². The standard InChI is InChI=1S/C28H33NO10/c1-12-23(31)16(29)8-18(38-12)39-17-10-28(36,6-7-37-2)9-15-20(17)27(35)22-21(25(15)33)24(32)14-5-3-4-13(11-30)19(14)26(22)34/h3-5,12,16-18,23,30-31,33,35-36H,6-11,29H2,1-2H3/t12?,16-,17-,18-,23-,28-/m0/s1. The molecule has 210 valence electrons. The third-order valence-corrected chi connectivity index (χ3v) is 8.07. The number of hydrogen-bond acceptors (Lipinski definition) is 11. The first-order valence-electron chi connectivity index (χ1n) is 12.9. The van der Waals surface area contributed by atoms with Crippen molar-refractivity contribution < 1.29 is 49.3 Å². The molecule has 0 amide bonds. The zero-order chi connectivity index (χ0) is 28.2. The highest BCUT2D eigenvalue weighted by Gasteiger charge is 2.47. The van der Waals surface area contributed by atoms with Gasteiger partial charge in [-0.2, -0.15) is 0 Å². The summed E-state index contributed by atoms with van der Waals surface area (Å²) in [5.74, 6) is -2.46. The Kier molecular flexibility index (Phi) is 7.27. The summed E-state index contributed by atoms with van der Waals surface area (Å²) >= 11 is 0. The SMILES string of the molecule is COCC[C@]1(O)Cc2c(O)c3c(c(O)c2[C@@H](O[C@H]2C[C@H](N)[C@@H](O)C(C)O2)C1)C(=O)c1c(CO)cccc1C3=O. The maximum Gasteiger partial charge on any atom is 0.198 e. The molecule has 2 aromatic rings. The quantitative estimate of drug-likeness (QED) is 0.243. The van der Waals surface area contributed by atoms with E-state index < -0.39 is 65.9 Å². The summed E-state index contributed by atoms with van der Waals surface area (Å²) in [6, 6.07) is 3.81. The van der Waals surface area contributed by atoms with E-state index >= 15 is 0 Å². The number of carbonyl (C=O) groups excluding carboxylic acids is 2. The van der Waals surface area contributed by atoms with Crippen LogP contribution in [0.3, 0.4) is 0 Å². The van der Waals surface area contributed by atoms with Crippen molar-refractivity contribution in [2.24, 2.45) is 5.73 Å². The number of ketones is 2. The molecule has 11 heteroatoms. The molecule has 1 saturated heterocycles. The van der Waals surface area contributed by atoms with Crippen molar-refractivity contribution in [1.29, 1.82) is 0 Å². The number of rotatable bonds is 6. The van der Waals surface area contributed by atoms with Crippen molar-refractivity contribution >= 4 is 11.6 Å². The zero-order valence-corrected chi connectivity index (χ0v) is 21.7. The van der Waals surface area contributed by atoms with E-state index in [4.69, 9.17) is 19.9 Å². The van der Waals surface area contributed by atoms with E-state index in [1.165, 1.54) is 25.3 Å². The number of phenolic OH excluding ortho intramolecular Hbond substituents is 2. The molecule has 1 heterocycles. The number of fused-ring (bicyclic) bond motifs is 3. The fourth-order valence-electron chi connectivity index (χ4n) is 6.01. The Morgan fingerprint density at radius 2 is 1.85 bits per heavy atom. The van der Waals surface area contributed by atoms with E-state index in [0.29, 0.717) is 0 Å². The van der Waals surface area contributed by atoms with E-state index in [0.717, 1.165) is 0 Å². The predicted octanol–water partition coefficient (Wildman–Crippen LogP) is 0.960. The van der Waals surface area contributed by atoms with Gasteiger partial charge in [0.2, 0.25) is 0 Å². The molecule has 39 heavy (non-hydrogen) atoms. The first kappa shape index (κ1) is 27.7. The summed E-state index contributed by atoms with van der Waals surface area (Å²) in [6.45, 7) is 1.33. The minimum absolute atomic E-state index is 0.00379. The third-order valence-electron chi connectivity index (χ3n) is 8.07. The Bertz CT molecular complexity index is 1310. The summed E-state index contributed by atoms with van der Waals surface area (Å²) in [7, 11) is 1.49. The normalized spacial score (nSPS) is 30.1. The number of carbonyl (C=O) groups is 2. The summed E-state index contributed by atoms with van der Waals surface area (Å²) in [5, 5.41) is 54.5. The lowest BCUT2D eigenvalue weighted by atomic mass is 9.72. The molecule has 1 unspecified atom stereocenters. The Balaban J connectivity index is 1.65. The van der Waals surface area contributed by atoms with Crippen LogP contribution >= 0.6 is 0 Å². The van der Waals surface area contributed by atoms with Crippen LogP contribution < -0.4 is 5.73 Å². The molecular weight excluding hydrogens is 510 g/mol. The fraction of sp³-hybridized carbons (Fsp3) is 0.500. The van der Waals surface area contributed by atoms with Gasteiger partial charge in [-0.15, -0.1) is 0 Å². The van der Waals surface area contributed by atoms with Crippen LogP contribution in [0.4, 0.5) is 0 Å². The average molecular weight is 544 g/mol. The zero-order valence-electron chi connectivity index (χ0n) is 21.7. The molecule has 3 aliphatic rings. The minimum atomic E-state index is -1.45. The van der Waals surface area contributed by atoms with Crippen LogP contribution in [0.1, 0.15) is 80.8 Å². The van der Waals surface area contributed by atoms with Crippen LogP contribution in [0.15, 0.2) is 18.2 Å². The number of phenols is 2. The highest BCUT2D eigenvalue weighted by atomic mass is 16.7. The lowest BCUT2D eigenvalue weighted by Gasteiger charge is -2.43. The van der Waals surface area contributed by atoms with Crippen LogP contribution in [0, 0.1) is 0 Å².